The maximum atomic E-state index is 13.7. The summed E-state index contributed by atoms with van der Waals surface area (Å²) < 4.78 is 7.80. The fraction of sp³-hybridized carbons (Fsp3) is 0.464. The Morgan fingerprint density at radius 1 is 1.14 bits per heavy atom. The number of aromatic nitrogens is 1. The molecule has 5 rings (SSSR count). The van der Waals surface area contributed by atoms with Gasteiger partial charge in [0.25, 0.3) is 0 Å². The van der Waals surface area contributed by atoms with Gasteiger partial charge in [0.15, 0.2) is 0 Å². The number of nitrogens with zero attached hydrogens (tertiary/aromatic N) is 3. The van der Waals surface area contributed by atoms with Crippen molar-refractivity contribution in [2.75, 3.05) is 38.8 Å². The average molecular weight is 493 g/mol. The van der Waals surface area contributed by atoms with Crippen LogP contribution in [-0.4, -0.2) is 49.4 Å². The van der Waals surface area contributed by atoms with Crippen LogP contribution in [0, 0.1) is 0 Å². The molecule has 0 radical (unpaired) electrons. The van der Waals surface area contributed by atoms with Gasteiger partial charge in [-0.1, -0.05) is 12.1 Å². The molecule has 1 N–H and O–H groups in total. The monoisotopic (exact) mass is 492 g/mol. The van der Waals surface area contributed by atoms with Crippen molar-refractivity contribution < 1.29 is 9.53 Å². The molecule has 35 heavy (non-hydrogen) atoms. The number of fused-ring (bicyclic) bond motifs is 5. The largest absolute Gasteiger partial charge is 0.382 e. The Bertz CT molecular complexity index is 1160. The molecule has 0 saturated heterocycles. The maximum absolute atomic E-state index is 13.7. The lowest BCUT2D eigenvalue weighted by atomic mass is 9.95. The molecule has 0 bridgehead atoms. The van der Waals surface area contributed by atoms with Crippen LogP contribution in [0.5, 0.6) is 0 Å². The van der Waals surface area contributed by atoms with Crippen molar-refractivity contribution in [3.63, 3.8) is 0 Å². The number of nitrogens with one attached hydrogen (secondary N) is 1. The number of anilines is 1. The van der Waals surface area contributed by atoms with E-state index in [4.69, 9.17) is 4.74 Å². The van der Waals surface area contributed by atoms with Crippen molar-refractivity contribution in [1.82, 2.24) is 14.8 Å². The Morgan fingerprint density at radius 3 is 2.71 bits per heavy atom. The van der Waals surface area contributed by atoms with Crippen LogP contribution in [-0.2, 0) is 24.1 Å². The number of amides is 2. The first-order chi connectivity index (χ1) is 17.1. The lowest BCUT2D eigenvalue weighted by Crippen LogP contribution is -2.42. The van der Waals surface area contributed by atoms with Crippen LogP contribution < -0.4 is 10.2 Å². The van der Waals surface area contributed by atoms with Crippen LogP contribution >= 0.6 is 11.3 Å². The van der Waals surface area contributed by atoms with Gasteiger partial charge in [0.1, 0.15) is 5.00 Å². The van der Waals surface area contributed by atoms with Gasteiger partial charge >= 0.3 is 6.03 Å². The second-order valence-corrected chi connectivity index (χ2v) is 10.7. The summed E-state index contributed by atoms with van der Waals surface area (Å²) in [6.07, 6.45) is 7.74. The Kier molecular flexibility index (Phi) is 7.16. The Labute approximate surface area is 212 Å². The maximum Gasteiger partial charge on any atom is 0.318 e. The lowest BCUT2D eigenvalue weighted by molar-refractivity contribution is 0.143. The van der Waals surface area contributed by atoms with Crippen molar-refractivity contribution in [3.05, 3.63) is 69.9 Å². The summed E-state index contributed by atoms with van der Waals surface area (Å²) in [5, 5.41) is 4.48. The number of thiophene rings is 1. The third kappa shape index (κ3) is 4.71. The zero-order chi connectivity index (χ0) is 24.4. The lowest BCUT2D eigenvalue weighted by Gasteiger charge is -2.31. The van der Waals surface area contributed by atoms with Crippen LogP contribution in [0.1, 0.15) is 59.5 Å². The standard InChI is InChI=1S/C28H36N4O2S/c1-4-34-18-8-16-29-28(33)32-19-23-22-9-5-6-11-25(22)35-27(23)31-17-7-10-24(31)26(32)20-12-14-21(15-13-20)30(2)3/h7,10,12-15,17,26H,4-6,8-9,11,16,18-19H2,1-3H3,(H,29,33)/t26-/m1/s1. The fourth-order valence-corrected chi connectivity index (χ4v) is 6.71. The molecule has 1 aliphatic carbocycles. The van der Waals surface area contributed by atoms with Crippen LogP contribution in [0.25, 0.3) is 5.00 Å². The number of carbonyl (C=O) groups is 1. The predicted octanol–water partition coefficient (Wildman–Crippen LogP) is 5.52. The van der Waals surface area contributed by atoms with Gasteiger partial charge in [0.2, 0.25) is 0 Å². The minimum atomic E-state index is -0.160. The Hall–Kier alpha value is -2.77. The summed E-state index contributed by atoms with van der Waals surface area (Å²) in [4.78, 5) is 19.4. The summed E-state index contributed by atoms with van der Waals surface area (Å²) in [5.74, 6) is 0. The number of carbonyl (C=O) groups excluding carboxylic acids is 1. The van der Waals surface area contributed by atoms with E-state index in [2.05, 4.69) is 71.5 Å². The van der Waals surface area contributed by atoms with Crippen LogP contribution in [0.2, 0.25) is 0 Å². The summed E-state index contributed by atoms with van der Waals surface area (Å²) in [6, 6.07) is 12.7. The molecule has 2 aromatic heterocycles. The number of ether oxygens (including phenoxy) is 1. The second kappa shape index (κ2) is 10.5. The van der Waals surface area contributed by atoms with Gasteiger partial charge in [-0.2, -0.15) is 0 Å². The first kappa shape index (κ1) is 23.9. The van der Waals surface area contributed by atoms with E-state index in [1.807, 2.05) is 23.2 Å². The van der Waals surface area contributed by atoms with Gasteiger partial charge in [0, 0.05) is 56.2 Å². The summed E-state index contributed by atoms with van der Waals surface area (Å²) in [6.45, 7) is 4.60. The molecule has 3 heterocycles. The highest BCUT2D eigenvalue weighted by Crippen LogP contribution is 2.44. The van der Waals surface area contributed by atoms with E-state index in [1.165, 1.54) is 33.8 Å². The first-order valence-corrected chi connectivity index (χ1v) is 13.6. The SMILES string of the molecule is CCOCCCNC(=O)N1Cc2c(sc3c2CCCC3)-n2cccc2[C@H]1c1ccc(N(C)C)cc1. The smallest absolute Gasteiger partial charge is 0.318 e. The molecular weight excluding hydrogens is 456 g/mol. The van der Waals surface area contributed by atoms with E-state index in [0.29, 0.717) is 26.3 Å². The van der Waals surface area contributed by atoms with Crippen molar-refractivity contribution >= 4 is 23.1 Å². The molecule has 2 aliphatic rings. The van der Waals surface area contributed by atoms with E-state index in [9.17, 15) is 4.79 Å². The third-order valence-corrected chi connectivity index (χ3v) is 8.44. The number of benzene rings is 1. The van der Waals surface area contributed by atoms with Crippen LogP contribution in [0.3, 0.4) is 0 Å². The molecule has 0 saturated carbocycles. The predicted molar refractivity (Wildman–Crippen MR) is 143 cm³/mol. The minimum absolute atomic E-state index is 0.0143. The summed E-state index contributed by atoms with van der Waals surface area (Å²) >= 11 is 1.92. The van der Waals surface area contributed by atoms with Gasteiger partial charge in [-0.05, 0) is 74.4 Å². The highest BCUT2D eigenvalue weighted by molar-refractivity contribution is 7.15. The summed E-state index contributed by atoms with van der Waals surface area (Å²) in [5.41, 5.74) is 6.24. The third-order valence-electron chi connectivity index (χ3n) is 7.11. The number of hydrogen-bond acceptors (Lipinski definition) is 4. The highest BCUT2D eigenvalue weighted by Gasteiger charge is 2.35. The zero-order valence-corrected chi connectivity index (χ0v) is 21.9. The van der Waals surface area contributed by atoms with E-state index in [1.54, 1.807) is 0 Å². The van der Waals surface area contributed by atoms with Gasteiger partial charge in [-0.3, -0.25) is 0 Å². The van der Waals surface area contributed by atoms with Crippen LogP contribution in [0.15, 0.2) is 42.6 Å². The van der Waals surface area contributed by atoms with E-state index in [0.717, 1.165) is 36.2 Å². The average Bonchev–Trinajstić information content (AvgIpc) is 3.46. The van der Waals surface area contributed by atoms with Crippen molar-refractivity contribution in [2.24, 2.45) is 0 Å². The molecule has 7 heteroatoms. The zero-order valence-electron chi connectivity index (χ0n) is 21.0. The second-order valence-electron chi connectivity index (χ2n) is 9.60. The molecule has 1 aliphatic heterocycles. The topological polar surface area (TPSA) is 49.7 Å². The number of urea groups is 1. The molecule has 2 amide bonds. The molecule has 3 aromatic rings. The van der Waals surface area contributed by atoms with Crippen molar-refractivity contribution in [2.45, 2.75) is 51.6 Å². The molecule has 6 nitrogen and oxygen atoms in total. The molecular formula is C28H36N4O2S. The molecule has 1 atom stereocenters. The fourth-order valence-electron chi connectivity index (χ4n) is 5.31. The van der Waals surface area contributed by atoms with Gasteiger partial charge in [-0.25, -0.2) is 4.79 Å². The number of hydrogen-bond donors (Lipinski definition) is 1. The normalized spacial score (nSPS) is 16.8. The Morgan fingerprint density at radius 2 is 1.94 bits per heavy atom. The highest BCUT2D eigenvalue weighted by atomic mass is 32.1. The van der Waals surface area contributed by atoms with Gasteiger partial charge in [0.05, 0.1) is 18.3 Å². The van der Waals surface area contributed by atoms with E-state index >= 15 is 0 Å². The van der Waals surface area contributed by atoms with E-state index in [-0.39, 0.29) is 12.1 Å². The molecule has 186 valence electrons. The summed E-state index contributed by atoms with van der Waals surface area (Å²) in [7, 11) is 4.10. The van der Waals surface area contributed by atoms with Crippen molar-refractivity contribution in [1.29, 1.82) is 0 Å². The molecule has 1 aromatic carbocycles. The first-order valence-electron chi connectivity index (χ1n) is 12.8. The van der Waals surface area contributed by atoms with Gasteiger partial charge in [-0.15, -0.1) is 11.3 Å². The molecule has 0 spiro atoms. The number of rotatable bonds is 7. The quantitative estimate of drug-likeness (QED) is 0.442. The van der Waals surface area contributed by atoms with Gasteiger partial charge < -0.3 is 24.4 Å². The number of aryl methyl sites for hydroxylation is 1. The van der Waals surface area contributed by atoms with Crippen molar-refractivity contribution in [3.8, 4) is 5.00 Å². The van der Waals surface area contributed by atoms with Crippen LogP contribution in [0.4, 0.5) is 10.5 Å². The Balaban J connectivity index is 1.54. The van der Waals surface area contributed by atoms with E-state index < -0.39 is 0 Å². The minimum Gasteiger partial charge on any atom is -0.382 e. The molecule has 0 fully saturated rings. The molecule has 0 unspecified atom stereocenters.